The third kappa shape index (κ3) is 2.44. The Labute approximate surface area is 111 Å². The van der Waals surface area contributed by atoms with Crippen molar-refractivity contribution < 1.29 is 0 Å². The molecule has 0 bridgehead atoms. The molecule has 1 heterocycles. The summed E-state index contributed by atoms with van der Waals surface area (Å²) in [4.78, 5) is 4.14. The van der Waals surface area contributed by atoms with E-state index in [-0.39, 0.29) is 0 Å². The lowest BCUT2D eigenvalue weighted by molar-refractivity contribution is 1.28. The molecule has 0 aliphatic carbocycles. The Hall–Kier alpha value is -2.05. The van der Waals surface area contributed by atoms with Gasteiger partial charge in [-0.2, -0.15) is 5.26 Å². The maximum atomic E-state index is 8.90. The number of nitriles is 1. The van der Waals surface area contributed by atoms with Crippen molar-refractivity contribution in [2.75, 3.05) is 5.32 Å². The first kappa shape index (κ1) is 12.4. The summed E-state index contributed by atoms with van der Waals surface area (Å²) in [5, 5.41) is 12.4. The van der Waals surface area contributed by atoms with E-state index in [2.05, 4.69) is 17.2 Å². The number of aromatic nitrogens is 1. The first-order valence-corrected chi connectivity index (χ1v) is 5.88. The van der Waals surface area contributed by atoms with Gasteiger partial charge in [-0.15, -0.1) is 0 Å². The van der Waals surface area contributed by atoms with Gasteiger partial charge in [-0.3, -0.25) is 0 Å². The summed E-state index contributed by atoms with van der Waals surface area (Å²) < 4.78 is 0. The molecule has 0 aliphatic heterocycles. The molecule has 3 nitrogen and oxygen atoms in total. The first-order chi connectivity index (χ1) is 8.61. The standard InChI is InChI=1S/C14H12ClN3/c1-9-3-4-12(7-10(9)2)18-14-13(15)11(8-16)5-6-17-14/h3-7H,1-2H3,(H,17,18). The molecule has 1 aromatic heterocycles. The van der Waals surface area contributed by atoms with Gasteiger partial charge in [0.25, 0.3) is 0 Å². The lowest BCUT2D eigenvalue weighted by Gasteiger charge is -2.09. The molecule has 0 amide bonds. The van der Waals surface area contributed by atoms with Crippen LogP contribution in [-0.4, -0.2) is 4.98 Å². The topological polar surface area (TPSA) is 48.7 Å². The molecule has 0 saturated carbocycles. The fraction of sp³-hybridized carbons (Fsp3) is 0.143. The van der Waals surface area contributed by atoms with Crippen molar-refractivity contribution >= 4 is 23.1 Å². The van der Waals surface area contributed by atoms with Gasteiger partial charge in [0, 0.05) is 11.9 Å². The van der Waals surface area contributed by atoms with E-state index in [1.807, 2.05) is 31.2 Å². The molecule has 0 unspecified atom stereocenters. The zero-order valence-electron chi connectivity index (χ0n) is 10.2. The lowest BCUT2D eigenvalue weighted by atomic mass is 10.1. The van der Waals surface area contributed by atoms with Gasteiger partial charge in [0.05, 0.1) is 5.56 Å². The number of anilines is 2. The second kappa shape index (κ2) is 5.07. The van der Waals surface area contributed by atoms with E-state index in [9.17, 15) is 0 Å². The van der Waals surface area contributed by atoms with E-state index in [0.717, 1.165) is 5.69 Å². The average molecular weight is 258 g/mol. The van der Waals surface area contributed by atoms with E-state index in [4.69, 9.17) is 16.9 Å². The number of hydrogen-bond donors (Lipinski definition) is 1. The van der Waals surface area contributed by atoms with Gasteiger partial charge >= 0.3 is 0 Å². The molecule has 18 heavy (non-hydrogen) atoms. The fourth-order valence-electron chi connectivity index (χ4n) is 1.57. The number of aryl methyl sites for hydroxylation is 2. The van der Waals surface area contributed by atoms with Gasteiger partial charge < -0.3 is 5.32 Å². The van der Waals surface area contributed by atoms with Crippen LogP contribution >= 0.6 is 11.6 Å². The van der Waals surface area contributed by atoms with Crippen LogP contribution in [0.25, 0.3) is 0 Å². The smallest absolute Gasteiger partial charge is 0.150 e. The number of pyridine rings is 1. The normalized spacial score (nSPS) is 9.89. The molecular weight excluding hydrogens is 246 g/mol. The van der Waals surface area contributed by atoms with E-state index in [0.29, 0.717) is 16.4 Å². The minimum atomic E-state index is 0.346. The minimum absolute atomic E-state index is 0.346. The van der Waals surface area contributed by atoms with Gasteiger partial charge in [0.15, 0.2) is 5.82 Å². The highest BCUT2D eigenvalue weighted by Gasteiger charge is 2.07. The number of nitrogens with one attached hydrogen (secondary N) is 1. The summed E-state index contributed by atoms with van der Waals surface area (Å²) in [7, 11) is 0. The summed E-state index contributed by atoms with van der Waals surface area (Å²) >= 11 is 6.08. The van der Waals surface area contributed by atoms with Crippen LogP contribution in [0.3, 0.4) is 0 Å². The van der Waals surface area contributed by atoms with Gasteiger partial charge in [-0.05, 0) is 43.2 Å². The Bertz CT molecular complexity index is 629. The average Bonchev–Trinajstić information content (AvgIpc) is 2.36. The van der Waals surface area contributed by atoms with Gasteiger partial charge in [0.2, 0.25) is 0 Å². The highest BCUT2D eigenvalue weighted by atomic mass is 35.5. The van der Waals surface area contributed by atoms with Crippen molar-refractivity contribution in [1.82, 2.24) is 4.98 Å². The Morgan fingerprint density at radius 3 is 2.67 bits per heavy atom. The summed E-state index contributed by atoms with van der Waals surface area (Å²) in [5.41, 5.74) is 3.73. The molecule has 2 rings (SSSR count). The zero-order valence-corrected chi connectivity index (χ0v) is 10.9. The van der Waals surface area contributed by atoms with Crippen molar-refractivity contribution in [1.29, 1.82) is 5.26 Å². The van der Waals surface area contributed by atoms with Gasteiger partial charge in [-0.1, -0.05) is 17.7 Å². The molecule has 1 aromatic carbocycles. The van der Waals surface area contributed by atoms with Crippen molar-refractivity contribution in [3.8, 4) is 6.07 Å². The molecule has 0 radical (unpaired) electrons. The highest BCUT2D eigenvalue weighted by Crippen LogP contribution is 2.26. The second-order valence-corrected chi connectivity index (χ2v) is 4.43. The van der Waals surface area contributed by atoms with Crippen LogP contribution in [0.2, 0.25) is 5.02 Å². The molecular formula is C14H12ClN3. The Morgan fingerprint density at radius 1 is 1.22 bits per heavy atom. The predicted molar refractivity (Wildman–Crippen MR) is 73.2 cm³/mol. The Morgan fingerprint density at radius 2 is 2.00 bits per heavy atom. The maximum absolute atomic E-state index is 8.90. The van der Waals surface area contributed by atoms with Crippen molar-refractivity contribution in [3.05, 3.63) is 52.2 Å². The van der Waals surface area contributed by atoms with E-state index in [1.165, 1.54) is 11.1 Å². The Kier molecular flexibility index (Phi) is 3.50. The lowest BCUT2D eigenvalue weighted by Crippen LogP contribution is -1.96. The van der Waals surface area contributed by atoms with Gasteiger partial charge in [0.1, 0.15) is 11.1 Å². The van der Waals surface area contributed by atoms with Crippen molar-refractivity contribution in [2.45, 2.75) is 13.8 Å². The molecule has 0 fully saturated rings. The SMILES string of the molecule is Cc1ccc(Nc2nccc(C#N)c2Cl)cc1C. The van der Waals surface area contributed by atoms with Crippen LogP contribution in [0.1, 0.15) is 16.7 Å². The summed E-state index contributed by atoms with van der Waals surface area (Å²) in [6.07, 6.45) is 1.56. The number of benzene rings is 1. The van der Waals surface area contributed by atoms with Crippen LogP contribution in [-0.2, 0) is 0 Å². The van der Waals surface area contributed by atoms with Crippen molar-refractivity contribution in [2.24, 2.45) is 0 Å². The largest absolute Gasteiger partial charge is 0.339 e. The summed E-state index contributed by atoms with van der Waals surface area (Å²) in [5.74, 6) is 0.499. The number of rotatable bonds is 2. The quantitative estimate of drug-likeness (QED) is 0.886. The summed E-state index contributed by atoms with van der Waals surface area (Å²) in [6.45, 7) is 4.10. The molecule has 0 aliphatic rings. The molecule has 0 spiro atoms. The number of hydrogen-bond acceptors (Lipinski definition) is 3. The fourth-order valence-corrected chi connectivity index (χ4v) is 1.77. The second-order valence-electron chi connectivity index (χ2n) is 4.06. The van der Waals surface area contributed by atoms with Crippen LogP contribution in [0.5, 0.6) is 0 Å². The monoisotopic (exact) mass is 257 g/mol. The molecule has 2 aromatic rings. The first-order valence-electron chi connectivity index (χ1n) is 5.50. The third-order valence-corrected chi connectivity index (χ3v) is 3.16. The van der Waals surface area contributed by atoms with E-state index in [1.54, 1.807) is 12.3 Å². The molecule has 90 valence electrons. The van der Waals surface area contributed by atoms with E-state index < -0.39 is 0 Å². The number of halogens is 1. The van der Waals surface area contributed by atoms with E-state index >= 15 is 0 Å². The molecule has 4 heteroatoms. The zero-order chi connectivity index (χ0) is 13.1. The highest BCUT2D eigenvalue weighted by molar-refractivity contribution is 6.34. The summed E-state index contributed by atoms with van der Waals surface area (Å²) in [6, 6.07) is 9.63. The van der Waals surface area contributed by atoms with Crippen molar-refractivity contribution in [3.63, 3.8) is 0 Å². The minimum Gasteiger partial charge on any atom is -0.339 e. The molecule has 0 atom stereocenters. The third-order valence-electron chi connectivity index (χ3n) is 2.78. The van der Waals surface area contributed by atoms with Gasteiger partial charge in [-0.25, -0.2) is 4.98 Å². The molecule has 1 N–H and O–H groups in total. The van der Waals surface area contributed by atoms with Crippen LogP contribution < -0.4 is 5.32 Å². The van der Waals surface area contributed by atoms with Crippen LogP contribution in [0, 0.1) is 25.2 Å². The Balaban J connectivity index is 2.35. The van der Waals surface area contributed by atoms with Crippen LogP contribution in [0.4, 0.5) is 11.5 Å². The maximum Gasteiger partial charge on any atom is 0.150 e. The molecule has 0 saturated heterocycles. The number of nitrogens with zero attached hydrogens (tertiary/aromatic N) is 2. The predicted octanol–water partition coefficient (Wildman–Crippen LogP) is 3.97. The van der Waals surface area contributed by atoms with Crippen LogP contribution in [0.15, 0.2) is 30.5 Å².